The number of esters is 1. The number of fused-ring (bicyclic) bond motifs is 1. The Labute approximate surface area is 226 Å². The summed E-state index contributed by atoms with van der Waals surface area (Å²) < 4.78 is 12.3. The molecule has 4 rings (SSSR count). The summed E-state index contributed by atoms with van der Waals surface area (Å²) in [7, 11) is -0.722. The highest BCUT2D eigenvalue weighted by molar-refractivity contribution is 9.10. The van der Waals surface area contributed by atoms with Crippen molar-refractivity contribution >= 4 is 52.5 Å². The number of aromatic amines is 1. The lowest BCUT2D eigenvalue weighted by Crippen LogP contribution is -2.43. The Morgan fingerprint density at radius 3 is 2.35 bits per heavy atom. The van der Waals surface area contributed by atoms with E-state index in [0.717, 1.165) is 26.7 Å². The van der Waals surface area contributed by atoms with Gasteiger partial charge in [0.1, 0.15) is 5.75 Å². The molecule has 1 heterocycles. The first kappa shape index (κ1) is 26.7. The number of nitrogens with one attached hydrogen (secondary N) is 1. The Morgan fingerprint density at radius 1 is 1.00 bits per heavy atom. The zero-order valence-corrected chi connectivity index (χ0v) is 24.4. The summed E-state index contributed by atoms with van der Waals surface area (Å²) in [6, 6.07) is 20.4. The van der Waals surface area contributed by atoms with E-state index in [1.807, 2.05) is 42.5 Å². The number of hydrogen-bond donors (Lipinski definition) is 2. The molecule has 0 bridgehead atoms. The minimum atomic E-state index is -2.07. The van der Waals surface area contributed by atoms with Gasteiger partial charge in [0.25, 0.3) is 0 Å². The van der Waals surface area contributed by atoms with Gasteiger partial charge in [-0.25, -0.2) is 9.79 Å². The van der Waals surface area contributed by atoms with Crippen LogP contribution in [0.2, 0.25) is 18.1 Å². The quantitative estimate of drug-likeness (QED) is 0.138. The van der Waals surface area contributed by atoms with E-state index in [9.17, 15) is 9.90 Å². The van der Waals surface area contributed by atoms with E-state index < -0.39 is 14.3 Å². The maximum atomic E-state index is 11.9. The van der Waals surface area contributed by atoms with Crippen molar-refractivity contribution in [3.63, 3.8) is 0 Å². The smallest absolute Gasteiger partial charge is 0.337 e. The molecule has 0 atom stereocenters. The number of carbonyl (C=O) groups is 1. The predicted octanol–water partition coefficient (Wildman–Crippen LogP) is 7.98. The summed E-state index contributed by atoms with van der Waals surface area (Å²) in [6.07, 6.45) is 0. The van der Waals surface area contributed by atoms with Crippen molar-refractivity contribution in [1.29, 1.82) is 0 Å². The van der Waals surface area contributed by atoms with Gasteiger partial charge in [-0.2, -0.15) is 0 Å². The molecule has 0 aliphatic heterocycles. The van der Waals surface area contributed by atoms with E-state index in [-0.39, 0.29) is 10.9 Å². The highest BCUT2D eigenvalue weighted by Crippen LogP contribution is 2.38. The summed E-state index contributed by atoms with van der Waals surface area (Å²) in [5.74, 6) is 0.373. The number of rotatable bonds is 6. The Kier molecular flexibility index (Phi) is 7.35. The van der Waals surface area contributed by atoms with Gasteiger partial charge < -0.3 is 19.3 Å². The Hall–Kier alpha value is -3.36. The number of methoxy groups -OCH3 is 1. The molecular formula is C29H31BrN2O4Si. The van der Waals surface area contributed by atoms with E-state index in [1.54, 1.807) is 24.3 Å². The second kappa shape index (κ2) is 10.2. The SMILES string of the molecule is COC(=O)c1ccc(N=C(c2cccc(O[Si](C)(C)C(C)(C)C)c2)c2c(O)[nH]c3ccc(Br)cc23)cc1. The summed E-state index contributed by atoms with van der Waals surface area (Å²) in [4.78, 5) is 19.9. The average molecular weight is 580 g/mol. The lowest BCUT2D eigenvalue weighted by Gasteiger charge is -2.36. The Balaban J connectivity index is 1.88. The highest BCUT2D eigenvalue weighted by atomic mass is 79.9. The number of aliphatic imine (C=N–C) groups is 1. The Bertz CT molecular complexity index is 1480. The molecule has 0 saturated carbocycles. The van der Waals surface area contributed by atoms with Gasteiger partial charge in [-0.05, 0) is 72.7 Å². The molecule has 0 aliphatic carbocycles. The fourth-order valence-electron chi connectivity index (χ4n) is 3.73. The van der Waals surface area contributed by atoms with Crippen LogP contribution in [0.5, 0.6) is 11.6 Å². The average Bonchev–Trinajstić information content (AvgIpc) is 3.16. The Morgan fingerprint density at radius 2 is 1.70 bits per heavy atom. The molecule has 2 N–H and O–H groups in total. The minimum Gasteiger partial charge on any atom is -0.543 e. The number of nitrogens with zero attached hydrogens (tertiary/aromatic N) is 1. The van der Waals surface area contributed by atoms with Gasteiger partial charge >= 0.3 is 5.97 Å². The number of ether oxygens (including phenoxy) is 1. The molecule has 0 unspecified atom stereocenters. The third kappa shape index (κ3) is 5.65. The summed E-state index contributed by atoms with van der Waals surface area (Å²) in [5, 5.41) is 11.9. The van der Waals surface area contributed by atoms with Gasteiger partial charge in [-0.3, -0.25) is 0 Å². The predicted molar refractivity (Wildman–Crippen MR) is 155 cm³/mol. The second-order valence-electron chi connectivity index (χ2n) is 10.4. The standard InChI is InChI=1S/C29H31BrN2O4Si/c1-29(2,3)37(5,6)36-22-9-7-8-19(16-22)26(31-21-13-10-18(11-14-21)28(34)35-4)25-23-17-20(30)12-15-24(23)32-27(25)33/h7-17,32-33H,1-6H3. The number of aromatic hydroxyl groups is 1. The van der Waals surface area contributed by atoms with E-state index in [1.165, 1.54) is 7.11 Å². The van der Waals surface area contributed by atoms with Gasteiger partial charge in [0, 0.05) is 20.9 Å². The number of benzene rings is 3. The topological polar surface area (TPSA) is 83.9 Å². The van der Waals surface area contributed by atoms with E-state index in [2.05, 4.69) is 54.8 Å². The van der Waals surface area contributed by atoms with Crippen molar-refractivity contribution in [2.75, 3.05) is 7.11 Å². The maximum Gasteiger partial charge on any atom is 0.337 e. The number of carbonyl (C=O) groups excluding carboxylic acids is 1. The lowest BCUT2D eigenvalue weighted by molar-refractivity contribution is 0.0600. The number of hydrogen-bond acceptors (Lipinski definition) is 5. The van der Waals surface area contributed by atoms with Gasteiger partial charge in [-0.15, -0.1) is 0 Å². The molecule has 37 heavy (non-hydrogen) atoms. The van der Waals surface area contributed by atoms with Crippen LogP contribution in [0.1, 0.15) is 42.3 Å². The zero-order valence-electron chi connectivity index (χ0n) is 21.8. The molecule has 0 aliphatic rings. The lowest BCUT2D eigenvalue weighted by atomic mass is 10.0. The zero-order chi connectivity index (χ0) is 27.0. The van der Waals surface area contributed by atoms with Crippen LogP contribution in [-0.4, -0.2) is 37.2 Å². The molecule has 192 valence electrons. The number of aromatic nitrogens is 1. The summed E-state index contributed by atoms with van der Waals surface area (Å²) >= 11 is 3.54. The van der Waals surface area contributed by atoms with Gasteiger partial charge in [0.05, 0.1) is 29.6 Å². The van der Waals surface area contributed by atoms with Crippen molar-refractivity contribution < 1.29 is 19.1 Å². The van der Waals surface area contributed by atoms with Gasteiger partial charge in [-0.1, -0.05) is 48.8 Å². The minimum absolute atomic E-state index is 0.0220. The third-order valence-corrected chi connectivity index (χ3v) is 11.6. The summed E-state index contributed by atoms with van der Waals surface area (Å²) in [5.41, 5.74) is 3.81. The fraction of sp³-hybridized carbons (Fsp3) is 0.241. The molecule has 0 fully saturated rings. The van der Waals surface area contributed by atoms with Crippen molar-refractivity contribution in [2.45, 2.75) is 38.9 Å². The normalized spacial score (nSPS) is 12.6. The maximum absolute atomic E-state index is 11.9. The van der Waals surface area contributed by atoms with Crippen molar-refractivity contribution in [3.05, 3.63) is 87.9 Å². The van der Waals surface area contributed by atoms with Crippen LogP contribution in [0, 0.1) is 0 Å². The van der Waals surface area contributed by atoms with Crippen LogP contribution in [-0.2, 0) is 4.74 Å². The van der Waals surface area contributed by atoms with Crippen LogP contribution < -0.4 is 4.43 Å². The van der Waals surface area contributed by atoms with E-state index >= 15 is 0 Å². The monoisotopic (exact) mass is 578 g/mol. The number of halogens is 1. The summed E-state index contributed by atoms with van der Waals surface area (Å²) in [6.45, 7) is 11.0. The van der Waals surface area contributed by atoms with Crippen LogP contribution in [0.3, 0.4) is 0 Å². The van der Waals surface area contributed by atoms with E-state index in [0.29, 0.717) is 22.5 Å². The number of H-pyrrole nitrogens is 1. The van der Waals surface area contributed by atoms with Crippen LogP contribution in [0.25, 0.3) is 10.9 Å². The molecule has 0 amide bonds. The molecule has 1 aromatic heterocycles. The molecule has 0 radical (unpaired) electrons. The van der Waals surface area contributed by atoms with Gasteiger partial charge in [0.2, 0.25) is 8.32 Å². The van der Waals surface area contributed by atoms with Crippen LogP contribution in [0.4, 0.5) is 5.69 Å². The molecule has 3 aromatic carbocycles. The fourth-order valence-corrected chi connectivity index (χ4v) is 5.11. The molecule has 4 aromatic rings. The first-order valence-corrected chi connectivity index (χ1v) is 15.7. The van der Waals surface area contributed by atoms with Crippen molar-refractivity contribution in [2.24, 2.45) is 4.99 Å². The molecular weight excluding hydrogens is 548 g/mol. The third-order valence-electron chi connectivity index (χ3n) is 6.79. The van der Waals surface area contributed by atoms with Crippen LogP contribution >= 0.6 is 15.9 Å². The highest BCUT2D eigenvalue weighted by Gasteiger charge is 2.39. The largest absolute Gasteiger partial charge is 0.543 e. The van der Waals surface area contributed by atoms with E-state index in [4.69, 9.17) is 14.2 Å². The first-order chi connectivity index (χ1) is 17.4. The van der Waals surface area contributed by atoms with Crippen molar-refractivity contribution in [3.8, 4) is 11.6 Å². The molecule has 8 heteroatoms. The molecule has 0 saturated heterocycles. The molecule has 6 nitrogen and oxygen atoms in total. The van der Waals surface area contributed by atoms with Crippen molar-refractivity contribution in [1.82, 2.24) is 4.98 Å². The molecule has 0 spiro atoms. The van der Waals surface area contributed by atoms with Crippen LogP contribution in [0.15, 0.2) is 76.2 Å². The second-order valence-corrected chi connectivity index (χ2v) is 16.1. The first-order valence-electron chi connectivity index (χ1n) is 12.0. The van der Waals surface area contributed by atoms with Gasteiger partial charge in [0.15, 0.2) is 5.88 Å².